The van der Waals surface area contributed by atoms with E-state index in [1.54, 1.807) is 0 Å². The van der Waals surface area contributed by atoms with Crippen molar-refractivity contribution in [3.8, 4) is 0 Å². The zero-order chi connectivity index (χ0) is 13.7. The highest BCUT2D eigenvalue weighted by Gasteiger charge is 2.27. The maximum Gasteiger partial charge on any atom is 0.0243 e. The minimum absolute atomic E-state index is 0.576. The first-order valence-corrected chi connectivity index (χ1v) is 8.51. The summed E-state index contributed by atoms with van der Waals surface area (Å²) in [6, 6.07) is 4.95. The first-order chi connectivity index (χ1) is 9.20. The SMILES string of the molecule is CC1CCC(C(CN)N(C)CCc2cccs2)CC1. The van der Waals surface area contributed by atoms with Gasteiger partial charge in [0.15, 0.2) is 0 Å². The first kappa shape index (κ1) is 15.0. The summed E-state index contributed by atoms with van der Waals surface area (Å²) >= 11 is 1.86. The zero-order valence-corrected chi connectivity index (χ0v) is 13.2. The number of nitrogens with zero attached hydrogens (tertiary/aromatic N) is 1. The van der Waals surface area contributed by atoms with Crippen molar-refractivity contribution in [3.63, 3.8) is 0 Å². The van der Waals surface area contributed by atoms with E-state index in [2.05, 4.69) is 36.4 Å². The molecule has 0 saturated heterocycles. The van der Waals surface area contributed by atoms with Gasteiger partial charge in [0.25, 0.3) is 0 Å². The molecular formula is C16H28N2S. The van der Waals surface area contributed by atoms with Gasteiger partial charge >= 0.3 is 0 Å². The van der Waals surface area contributed by atoms with E-state index in [1.807, 2.05) is 11.3 Å². The molecule has 1 aromatic rings. The van der Waals surface area contributed by atoms with Crippen LogP contribution in [0.2, 0.25) is 0 Å². The monoisotopic (exact) mass is 280 g/mol. The summed E-state index contributed by atoms with van der Waals surface area (Å²) in [5, 5.41) is 2.16. The maximum atomic E-state index is 6.05. The Hall–Kier alpha value is -0.380. The highest BCUT2D eigenvalue weighted by Crippen LogP contribution is 2.31. The van der Waals surface area contributed by atoms with Gasteiger partial charge in [0.05, 0.1) is 0 Å². The topological polar surface area (TPSA) is 29.3 Å². The van der Waals surface area contributed by atoms with Crippen LogP contribution >= 0.6 is 11.3 Å². The molecule has 1 aliphatic rings. The predicted molar refractivity (Wildman–Crippen MR) is 84.6 cm³/mol. The molecule has 108 valence electrons. The first-order valence-electron chi connectivity index (χ1n) is 7.63. The van der Waals surface area contributed by atoms with Gasteiger partial charge < -0.3 is 10.6 Å². The molecule has 0 bridgehead atoms. The van der Waals surface area contributed by atoms with E-state index in [1.165, 1.54) is 30.6 Å². The summed E-state index contributed by atoms with van der Waals surface area (Å²) in [5.74, 6) is 1.74. The molecule has 0 amide bonds. The molecule has 1 heterocycles. The molecule has 1 aromatic heterocycles. The van der Waals surface area contributed by atoms with Crippen LogP contribution in [0.5, 0.6) is 0 Å². The molecule has 2 N–H and O–H groups in total. The van der Waals surface area contributed by atoms with Crippen molar-refractivity contribution in [2.24, 2.45) is 17.6 Å². The van der Waals surface area contributed by atoms with E-state index in [4.69, 9.17) is 5.73 Å². The molecule has 3 heteroatoms. The molecule has 1 aliphatic carbocycles. The van der Waals surface area contributed by atoms with E-state index in [0.29, 0.717) is 6.04 Å². The second kappa shape index (κ2) is 7.41. The lowest BCUT2D eigenvalue weighted by atomic mass is 9.79. The van der Waals surface area contributed by atoms with Crippen molar-refractivity contribution < 1.29 is 0 Å². The van der Waals surface area contributed by atoms with Gasteiger partial charge in [0.1, 0.15) is 0 Å². The van der Waals surface area contributed by atoms with Crippen molar-refractivity contribution in [2.45, 2.75) is 45.1 Å². The molecule has 1 saturated carbocycles. The third kappa shape index (κ3) is 4.30. The summed E-state index contributed by atoms with van der Waals surface area (Å²) in [5.41, 5.74) is 6.05. The largest absolute Gasteiger partial charge is 0.329 e. The normalized spacial score (nSPS) is 25.7. The third-order valence-electron chi connectivity index (χ3n) is 4.70. The van der Waals surface area contributed by atoms with E-state index in [0.717, 1.165) is 31.3 Å². The van der Waals surface area contributed by atoms with Crippen LogP contribution in [0, 0.1) is 11.8 Å². The predicted octanol–water partition coefficient (Wildman–Crippen LogP) is 3.38. The Kier molecular flexibility index (Phi) is 5.86. The van der Waals surface area contributed by atoms with Gasteiger partial charge in [0.2, 0.25) is 0 Å². The van der Waals surface area contributed by atoms with Crippen LogP contribution in [0.1, 0.15) is 37.5 Å². The molecule has 2 nitrogen and oxygen atoms in total. The van der Waals surface area contributed by atoms with Crippen molar-refractivity contribution in [1.29, 1.82) is 0 Å². The van der Waals surface area contributed by atoms with E-state index < -0.39 is 0 Å². The van der Waals surface area contributed by atoms with Crippen molar-refractivity contribution in [2.75, 3.05) is 20.1 Å². The molecule has 1 unspecified atom stereocenters. The quantitative estimate of drug-likeness (QED) is 0.865. The van der Waals surface area contributed by atoms with E-state index >= 15 is 0 Å². The molecule has 2 rings (SSSR count). The zero-order valence-electron chi connectivity index (χ0n) is 12.3. The number of hydrogen-bond acceptors (Lipinski definition) is 3. The second-order valence-corrected chi connectivity index (χ2v) is 7.17. The Balaban J connectivity index is 1.82. The Morgan fingerprint density at radius 2 is 2.11 bits per heavy atom. The summed E-state index contributed by atoms with van der Waals surface area (Å²) < 4.78 is 0. The van der Waals surface area contributed by atoms with Crippen molar-refractivity contribution in [3.05, 3.63) is 22.4 Å². The fourth-order valence-corrected chi connectivity index (χ4v) is 4.01. The summed E-state index contributed by atoms with van der Waals surface area (Å²) in [4.78, 5) is 3.99. The molecular weight excluding hydrogens is 252 g/mol. The number of nitrogens with two attached hydrogens (primary N) is 1. The molecule has 1 fully saturated rings. The van der Waals surface area contributed by atoms with Gasteiger partial charge in [0, 0.05) is 24.0 Å². The fraction of sp³-hybridized carbons (Fsp3) is 0.750. The van der Waals surface area contributed by atoms with Crippen LogP contribution in [0.4, 0.5) is 0 Å². The van der Waals surface area contributed by atoms with Crippen LogP contribution in [0.15, 0.2) is 17.5 Å². The van der Waals surface area contributed by atoms with E-state index in [-0.39, 0.29) is 0 Å². The Labute approximate surface area is 122 Å². The number of likely N-dealkylation sites (N-methyl/N-ethyl adjacent to an activating group) is 1. The van der Waals surface area contributed by atoms with Gasteiger partial charge in [-0.3, -0.25) is 0 Å². The lowest BCUT2D eigenvalue weighted by Crippen LogP contribution is -2.45. The lowest BCUT2D eigenvalue weighted by Gasteiger charge is -2.37. The van der Waals surface area contributed by atoms with Crippen molar-refractivity contribution >= 4 is 11.3 Å². The number of hydrogen-bond donors (Lipinski definition) is 1. The average molecular weight is 280 g/mol. The molecule has 0 radical (unpaired) electrons. The van der Waals surface area contributed by atoms with Gasteiger partial charge in [-0.25, -0.2) is 0 Å². The highest BCUT2D eigenvalue weighted by molar-refractivity contribution is 7.09. The Morgan fingerprint density at radius 3 is 2.68 bits per heavy atom. The Morgan fingerprint density at radius 1 is 1.37 bits per heavy atom. The van der Waals surface area contributed by atoms with Crippen LogP contribution in [-0.4, -0.2) is 31.1 Å². The molecule has 19 heavy (non-hydrogen) atoms. The average Bonchev–Trinajstić information content (AvgIpc) is 2.92. The summed E-state index contributed by atoms with van der Waals surface area (Å²) in [7, 11) is 2.25. The van der Waals surface area contributed by atoms with E-state index in [9.17, 15) is 0 Å². The van der Waals surface area contributed by atoms with Gasteiger partial charge in [-0.05, 0) is 49.6 Å². The molecule has 0 aromatic carbocycles. The molecule has 1 atom stereocenters. The smallest absolute Gasteiger partial charge is 0.0243 e. The molecule has 0 aliphatic heterocycles. The van der Waals surface area contributed by atoms with Crippen LogP contribution < -0.4 is 5.73 Å². The Bertz CT molecular complexity index is 342. The van der Waals surface area contributed by atoms with Crippen LogP contribution in [0.3, 0.4) is 0 Å². The van der Waals surface area contributed by atoms with Crippen LogP contribution in [0.25, 0.3) is 0 Å². The van der Waals surface area contributed by atoms with Gasteiger partial charge in [-0.1, -0.05) is 25.8 Å². The van der Waals surface area contributed by atoms with Crippen LogP contribution in [-0.2, 0) is 6.42 Å². The van der Waals surface area contributed by atoms with Gasteiger partial charge in [-0.15, -0.1) is 11.3 Å². The lowest BCUT2D eigenvalue weighted by molar-refractivity contribution is 0.137. The highest BCUT2D eigenvalue weighted by atomic mass is 32.1. The fourth-order valence-electron chi connectivity index (χ4n) is 3.31. The van der Waals surface area contributed by atoms with Gasteiger partial charge in [-0.2, -0.15) is 0 Å². The maximum absolute atomic E-state index is 6.05. The standard InChI is InChI=1S/C16H28N2S/c1-13-5-7-14(8-6-13)16(12-17)18(2)10-9-15-4-3-11-19-15/h3-4,11,13-14,16H,5-10,12,17H2,1-2H3. The summed E-state index contributed by atoms with van der Waals surface area (Å²) in [6.45, 7) is 4.32. The minimum atomic E-state index is 0.576. The third-order valence-corrected chi connectivity index (χ3v) is 5.64. The summed E-state index contributed by atoms with van der Waals surface area (Å²) in [6.07, 6.45) is 6.67. The number of rotatable bonds is 6. The second-order valence-electron chi connectivity index (χ2n) is 6.13. The number of thiophene rings is 1. The molecule has 0 spiro atoms. The van der Waals surface area contributed by atoms with Crippen molar-refractivity contribution in [1.82, 2.24) is 4.90 Å². The minimum Gasteiger partial charge on any atom is -0.329 e.